The van der Waals surface area contributed by atoms with Crippen LogP contribution in [0.1, 0.15) is 13.8 Å². The van der Waals surface area contributed by atoms with Gasteiger partial charge in [0.2, 0.25) is 0 Å². The number of hydrogen-bond donors (Lipinski definition) is 1. The summed E-state index contributed by atoms with van der Waals surface area (Å²) in [4.78, 5) is 18.1. The van der Waals surface area contributed by atoms with Crippen LogP contribution < -0.4 is 5.73 Å². The second-order valence-corrected chi connectivity index (χ2v) is 5.31. The second kappa shape index (κ2) is 7.21. The number of carbonyl (C=O) groups excluding carboxylic acids is 1. The number of amides is 2. The van der Waals surface area contributed by atoms with Gasteiger partial charge >= 0.3 is 6.03 Å². The molecule has 0 aromatic rings. The lowest BCUT2D eigenvalue weighted by molar-refractivity contribution is -0.0652. The number of hydrogen-bond acceptors (Lipinski definition) is 5. The zero-order valence-corrected chi connectivity index (χ0v) is 12.5. The van der Waals surface area contributed by atoms with Gasteiger partial charge in [0.05, 0.1) is 38.8 Å². The fourth-order valence-electron chi connectivity index (χ4n) is 2.93. The van der Waals surface area contributed by atoms with Crippen molar-refractivity contribution in [3.63, 3.8) is 0 Å². The standard InChI is InChI=1S/C13H26N4O3/c1-11(15-3-7-19-8-4-15)17(13(14)18)12(2)16-5-9-20-10-6-16/h11-12H,3-10H2,1-2H3,(H2,14,18). The van der Waals surface area contributed by atoms with Crippen LogP contribution in [0.25, 0.3) is 0 Å². The molecule has 0 bridgehead atoms. The molecule has 2 heterocycles. The number of nitrogens with two attached hydrogens (primary N) is 1. The maximum Gasteiger partial charge on any atom is 0.317 e. The Balaban J connectivity index is 2.02. The molecule has 20 heavy (non-hydrogen) atoms. The molecule has 2 rings (SSSR count). The van der Waals surface area contributed by atoms with Crippen LogP contribution in [0.5, 0.6) is 0 Å². The van der Waals surface area contributed by atoms with Crippen LogP contribution in [0.15, 0.2) is 0 Å². The molecule has 2 amide bonds. The van der Waals surface area contributed by atoms with Crippen molar-refractivity contribution in [1.29, 1.82) is 0 Å². The van der Waals surface area contributed by atoms with Crippen molar-refractivity contribution in [3.8, 4) is 0 Å². The molecule has 0 aromatic carbocycles. The number of ether oxygens (including phenoxy) is 2. The van der Waals surface area contributed by atoms with Gasteiger partial charge in [-0.15, -0.1) is 0 Å². The summed E-state index contributed by atoms with van der Waals surface area (Å²) in [6.45, 7) is 10.3. The van der Waals surface area contributed by atoms with E-state index in [1.807, 2.05) is 13.8 Å². The molecule has 2 N–H and O–H groups in total. The van der Waals surface area contributed by atoms with Gasteiger partial charge in [0, 0.05) is 26.2 Å². The van der Waals surface area contributed by atoms with E-state index in [1.54, 1.807) is 4.90 Å². The smallest absolute Gasteiger partial charge is 0.317 e. The van der Waals surface area contributed by atoms with Crippen molar-refractivity contribution in [3.05, 3.63) is 0 Å². The molecule has 0 radical (unpaired) electrons. The minimum Gasteiger partial charge on any atom is -0.379 e. The van der Waals surface area contributed by atoms with Crippen LogP contribution in [-0.4, -0.2) is 85.7 Å². The lowest BCUT2D eigenvalue weighted by Gasteiger charge is -2.45. The SMILES string of the molecule is CC(N1CCOCC1)N(C(N)=O)C(C)N1CCOCC1. The normalized spacial score (nSPS) is 25.1. The van der Waals surface area contributed by atoms with Crippen LogP contribution >= 0.6 is 0 Å². The molecule has 2 aliphatic rings. The number of carbonyl (C=O) groups is 1. The van der Waals surface area contributed by atoms with Crippen molar-refractivity contribution >= 4 is 6.03 Å². The summed E-state index contributed by atoms with van der Waals surface area (Å²) < 4.78 is 10.7. The lowest BCUT2D eigenvalue weighted by Crippen LogP contribution is -2.62. The molecule has 2 unspecified atom stereocenters. The maximum absolute atomic E-state index is 11.9. The monoisotopic (exact) mass is 286 g/mol. The Bertz CT molecular complexity index is 293. The molecule has 7 nitrogen and oxygen atoms in total. The van der Waals surface area contributed by atoms with Gasteiger partial charge in [-0.3, -0.25) is 14.7 Å². The predicted molar refractivity (Wildman–Crippen MR) is 75.1 cm³/mol. The van der Waals surface area contributed by atoms with E-state index in [2.05, 4.69) is 9.80 Å². The van der Waals surface area contributed by atoms with E-state index in [-0.39, 0.29) is 18.4 Å². The highest BCUT2D eigenvalue weighted by Gasteiger charge is 2.32. The fourth-order valence-corrected chi connectivity index (χ4v) is 2.93. The van der Waals surface area contributed by atoms with E-state index in [0.717, 1.165) is 26.2 Å². The Labute approximate surface area is 120 Å². The molecule has 2 fully saturated rings. The minimum absolute atomic E-state index is 0.0192. The highest BCUT2D eigenvalue weighted by molar-refractivity contribution is 5.72. The second-order valence-electron chi connectivity index (χ2n) is 5.31. The molecule has 0 spiro atoms. The van der Waals surface area contributed by atoms with Crippen LogP contribution in [0, 0.1) is 0 Å². The van der Waals surface area contributed by atoms with Crippen molar-refractivity contribution in [1.82, 2.24) is 14.7 Å². The van der Waals surface area contributed by atoms with E-state index >= 15 is 0 Å². The Kier molecular flexibility index (Phi) is 5.59. The third-order valence-corrected chi connectivity index (χ3v) is 4.21. The van der Waals surface area contributed by atoms with Gasteiger partial charge in [0.1, 0.15) is 0 Å². The maximum atomic E-state index is 11.9. The molecule has 2 atom stereocenters. The Morgan fingerprint density at radius 2 is 1.30 bits per heavy atom. The van der Waals surface area contributed by atoms with Crippen molar-refractivity contribution in [2.45, 2.75) is 26.2 Å². The van der Waals surface area contributed by atoms with Crippen LogP contribution in [-0.2, 0) is 9.47 Å². The van der Waals surface area contributed by atoms with E-state index < -0.39 is 0 Å². The van der Waals surface area contributed by atoms with Gasteiger partial charge < -0.3 is 15.2 Å². The first kappa shape index (κ1) is 15.5. The minimum atomic E-state index is -0.372. The number of urea groups is 1. The number of rotatable bonds is 4. The van der Waals surface area contributed by atoms with Crippen molar-refractivity contribution < 1.29 is 14.3 Å². The zero-order valence-electron chi connectivity index (χ0n) is 12.5. The summed E-state index contributed by atoms with van der Waals surface area (Å²) in [6.07, 6.45) is -0.0384. The first-order valence-electron chi connectivity index (χ1n) is 7.32. The van der Waals surface area contributed by atoms with E-state index in [4.69, 9.17) is 15.2 Å². The van der Waals surface area contributed by atoms with Crippen molar-refractivity contribution in [2.75, 3.05) is 52.6 Å². The Hall–Kier alpha value is -0.890. The molecule has 0 aromatic heterocycles. The molecule has 2 aliphatic heterocycles. The van der Waals surface area contributed by atoms with Gasteiger partial charge in [-0.1, -0.05) is 0 Å². The third-order valence-electron chi connectivity index (χ3n) is 4.21. The molecular formula is C13H26N4O3. The number of morpholine rings is 2. The molecule has 116 valence electrons. The van der Waals surface area contributed by atoms with Gasteiger partial charge in [-0.05, 0) is 13.8 Å². The van der Waals surface area contributed by atoms with E-state index in [9.17, 15) is 4.79 Å². The van der Waals surface area contributed by atoms with E-state index in [0.29, 0.717) is 26.4 Å². The molecular weight excluding hydrogens is 260 g/mol. The largest absolute Gasteiger partial charge is 0.379 e. The first-order chi connectivity index (χ1) is 9.61. The highest BCUT2D eigenvalue weighted by atomic mass is 16.5. The summed E-state index contributed by atoms with van der Waals surface area (Å²) in [7, 11) is 0. The molecule has 7 heteroatoms. The van der Waals surface area contributed by atoms with Gasteiger partial charge in [-0.2, -0.15) is 0 Å². The summed E-state index contributed by atoms with van der Waals surface area (Å²) in [5, 5.41) is 0. The topological polar surface area (TPSA) is 71.3 Å². The number of nitrogens with zero attached hydrogens (tertiary/aromatic N) is 3. The van der Waals surface area contributed by atoms with Gasteiger partial charge in [0.15, 0.2) is 0 Å². The van der Waals surface area contributed by atoms with Gasteiger partial charge in [0.25, 0.3) is 0 Å². The zero-order chi connectivity index (χ0) is 14.5. The predicted octanol–water partition coefficient (Wildman–Crippen LogP) is -0.276. The van der Waals surface area contributed by atoms with Crippen LogP contribution in [0.2, 0.25) is 0 Å². The highest BCUT2D eigenvalue weighted by Crippen LogP contribution is 2.16. The third kappa shape index (κ3) is 3.60. The molecule has 2 saturated heterocycles. The fraction of sp³-hybridized carbons (Fsp3) is 0.923. The van der Waals surface area contributed by atoms with Crippen molar-refractivity contribution in [2.24, 2.45) is 5.73 Å². The average molecular weight is 286 g/mol. The number of primary amides is 1. The first-order valence-corrected chi connectivity index (χ1v) is 7.32. The quantitative estimate of drug-likeness (QED) is 0.770. The van der Waals surface area contributed by atoms with Crippen LogP contribution in [0.3, 0.4) is 0 Å². The average Bonchev–Trinajstić information content (AvgIpc) is 2.48. The lowest BCUT2D eigenvalue weighted by atomic mass is 10.3. The Morgan fingerprint density at radius 3 is 1.60 bits per heavy atom. The summed E-state index contributed by atoms with van der Waals surface area (Å²) in [5.41, 5.74) is 5.62. The van der Waals surface area contributed by atoms with E-state index in [1.165, 1.54) is 0 Å². The molecule has 0 aliphatic carbocycles. The summed E-state index contributed by atoms with van der Waals surface area (Å²) in [5.74, 6) is 0. The van der Waals surface area contributed by atoms with Gasteiger partial charge in [-0.25, -0.2) is 4.79 Å². The Morgan fingerprint density at radius 1 is 0.950 bits per heavy atom. The molecule has 0 saturated carbocycles. The van der Waals surface area contributed by atoms with Crippen LogP contribution in [0.4, 0.5) is 4.79 Å². The summed E-state index contributed by atoms with van der Waals surface area (Å²) in [6, 6.07) is -0.372. The summed E-state index contributed by atoms with van der Waals surface area (Å²) >= 11 is 0.